The van der Waals surface area contributed by atoms with Gasteiger partial charge in [0.15, 0.2) is 5.82 Å². The lowest BCUT2D eigenvalue weighted by Crippen LogP contribution is -2.23. The second-order valence-electron chi connectivity index (χ2n) is 4.99. The molecule has 0 spiro atoms. The Hall–Kier alpha value is -0.640. The largest absolute Gasteiger partial charge is 0.228 e. The van der Waals surface area contributed by atoms with E-state index in [-0.39, 0.29) is 5.38 Å². The minimum absolute atomic E-state index is 0.144. The molecule has 1 unspecified atom stereocenters. The Kier molecular flexibility index (Phi) is 4.71. The zero-order valence-electron chi connectivity index (χ0n) is 10.7. The fraction of sp³-hybridized carbons (Fsp3) is 0.909. The van der Waals surface area contributed by atoms with Crippen LogP contribution in [0.5, 0.6) is 0 Å². The van der Waals surface area contributed by atoms with Crippen LogP contribution in [0.2, 0.25) is 0 Å². The summed E-state index contributed by atoms with van der Waals surface area (Å²) in [6.07, 6.45) is 0. The van der Waals surface area contributed by atoms with E-state index in [9.17, 15) is 0 Å². The third-order valence-corrected chi connectivity index (χ3v) is 3.21. The van der Waals surface area contributed by atoms with Gasteiger partial charge in [-0.2, -0.15) is 0 Å². The molecule has 4 nitrogen and oxygen atoms in total. The highest BCUT2D eigenvalue weighted by Gasteiger charge is 2.21. The minimum Gasteiger partial charge on any atom is -0.228 e. The van der Waals surface area contributed by atoms with Crippen molar-refractivity contribution in [1.29, 1.82) is 0 Å². The van der Waals surface area contributed by atoms with Gasteiger partial charge in [0.25, 0.3) is 0 Å². The highest BCUT2D eigenvalue weighted by Crippen LogP contribution is 2.24. The van der Waals surface area contributed by atoms with E-state index in [1.165, 1.54) is 0 Å². The lowest BCUT2D eigenvalue weighted by molar-refractivity contribution is 0.238. The molecule has 0 aliphatic rings. The van der Waals surface area contributed by atoms with Crippen molar-refractivity contribution in [2.24, 2.45) is 17.8 Å². The van der Waals surface area contributed by atoms with Gasteiger partial charge in [-0.3, -0.25) is 0 Å². The first-order valence-corrected chi connectivity index (χ1v) is 6.27. The van der Waals surface area contributed by atoms with Gasteiger partial charge in [-0.05, 0) is 35.1 Å². The average Bonchev–Trinajstić information content (AvgIpc) is 2.60. The molecule has 0 aromatic carbocycles. The summed E-state index contributed by atoms with van der Waals surface area (Å²) in [6, 6.07) is 0. The highest BCUT2D eigenvalue weighted by atomic mass is 35.5. The van der Waals surface area contributed by atoms with Gasteiger partial charge < -0.3 is 0 Å². The van der Waals surface area contributed by atoms with Gasteiger partial charge in [-0.25, -0.2) is 4.68 Å². The normalized spacial score (nSPS) is 14.1. The van der Waals surface area contributed by atoms with Crippen LogP contribution in [0.4, 0.5) is 0 Å². The molecule has 1 aromatic rings. The van der Waals surface area contributed by atoms with Crippen molar-refractivity contribution in [3.8, 4) is 0 Å². The lowest BCUT2D eigenvalue weighted by Gasteiger charge is -2.24. The van der Waals surface area contributed by atoms with Crippen molar-refractivity contribution in [2.75, 3.05) is 0 Å². The second-order valence-corrected chi connectivity index (χ2v) is 5.64. The van der Waals surface area contributed by atoms with Crippen LogP contribution in [0.1, 0.15) is 45.8 Å². The van der Waals surface area contributed by atoms with Crippen LogP contribution >= 0.6 is 11.6 Å². The molecule has 0 amide bonds. The molecule has 0 N–H and O–H groups in total. The van der Waals surface area contributed by atoms with Gasteiger partial charge >= 0.3 is 0 Å². The molecule has 92 valence electrons. The summed E-state index contributed by atoms with van der Waals surface area (Å²) in [5.74, 6) is 2.55. The fourth-order valence-electron chi connectivity index (χ4n) is 2.02. The van der Waals surface area contributed by atoms with Gasteiger partial charge in [0.1, 0.15) is 0 Å². The van der Waals surface area contributed by atoms with E-state index in [0.29, 0.717) is 17.8 Å². The van der Waals surface area contributed by atoms with Crippen molar-refractivity contribution >= 4 is 11.6 Å². The minimum atomic E-state index is -0.144. The summed E-state index contributed by atoms with van der Waals surface area (Å²) in [7, 11) is 0. The highest BCUT2D eigenvalue weighted by molar-refractivity contribution is 6.20. The second kappa shape index (κ2) is 5.62. The van der Waals surface area contributed by atoms with E-state index < -0.39 is 0 Å². The molecule has 0 fully saturated rings. The van der Waals surface area contributed by atoms with E-state index in [1.54, 1.807) is 0 Å². The lowest BCUT2D eigenvalue weighted by atomic mass is 9.85. The maximum Gasteiger partial charge on any atom is 0.168 e. The zero-order valence-corrected chi connectivity index (χ0v) is 11.4. The Morgan fingerprint density at radius 1 is 1.12 bits per heavy atom. The van der Waals surface area contributed by atoms with E-state index >= 15 is 0 Å². The Labute approximate surface area is 102 Å². The van der Waals surface area contributed by atoms with Gasteiger partial charge in [0.2, 0.25) is 0 Å². The topological polar surface area (TPSA) is 43.6 Å². The maximum absolute atomic E-state index is 6.03. The Morgan fingerprint density at radius 2 is 1.69 bits per heavy atom. The van der Waals surface area contributed by atoms with Crippen molar-refractivity contribution in [2.45, 2.75) is 46.5 Å². The number of hydrogen-bond donors (Lipinski definition) is 0. The van der Waals surface area contributed by atoms with Crippen LogP contribution in [0.3, 0.4) is 0 Å². The van der Waals surface area contributed by atoms with Crippen LogP contribution in [-0.4, -0.2) is 20.2 Å². The molecule has 1 rings (SSSR count). The summed E-state index contributed by atoms with van der Waals surface area (Å²) in [4.78, 5) is 0. The first kappa shape index (κ1) is 13.4. The summed E-state index contributed by atoms with van der Waals surface area (Å²) >= 11 is 6.03. The molecule has 0 aliphatic carbocycles. The molecule has 0 radical (unpaired) electrons. The van der Waals surface area contributed by atoms with Crippen LogP contribution < -0.4 is 0 Å². The van der Waals surface area contributed by atoms with Crippen molar-refractivity contribution in [1.82, 2.24) is 20.2 Å². The van der Waals surface area contributed by atoms with Crippen LogP contribution in [0.25, 0.3) is 0 Å². The number of alkyl halides is 1. The van der Waals surface area contributed by atoms with E-state index in [4.69, 9.17) is 11.6 Å². The standard InChI is InChI=1S/C11H21ClN4/c1-7(2)10(8(3)4)6-16-11(9(5)12)13-14-15-16/h7-10H,6H2,1-5H3. The number of tetrazole rings is 1. The van der Waals surface area contributed by atoms with E-state index in [2.05, 4.69) is 43.2 Å². The number of halogens is 1. The summed E-state index contributed by atoms with van der Waals surface area (Å²) in [5, 5.41) is 11.5. The number of aromatic nitrogens is 4. The predicted octanol–water partition coefficient (Wildman–Crippen LogP) is 2.90. The van der Waals surface area contributed by atoms with Crippen molar-refractivity contribution in [3.05, 3.63) is 5.82 Å². The molecule has 1 aromatic heterocycles. The zero-order chi connectivity index (χ0) is 12.3. The predicted molar refractivity (Wildman–Crippen MR) is 65.3 cm³/mol. The third kappa shape index (κ3) is 3.17. The van der Waals surface area contributed by atoms with Gasteiger partial charge in [0, 0.05) is 6.54 Å². The van der Waals surface area contributed by atoms with Crippen molar-refractivity contribution in [3.63, 3.8) is 0 Å². The number of hydrogen-bond acceptors (Lipinski definition) is 3. The Morgan fingerprint density at radius 3 is 2.12 bits per heavy atom. The summed E-state index contributed by atoms with van der Waals surface area (Å²) in [6.45, 7) is 11.7. The summed E-state index contributed by atoms with van der Waals surface area (Å²) < 4.78 is 1.84. The molecular formula is C11H21ClN4. The Bertz CT molecular complexity index is 312. The molecule has 1 heterocycles. The fourth-order valence-corrected chi connectivity index (χ4v) is 2.17. The molecule has 1 atom stereocenters. The summed E-state index contributed by atoms with van der Waals surface area (Å²) in [5.41, 5.74) is 0. The molecule has 5 heteroatoms. The van der Waals surface area contributed by atoms with Crippen LogP contribution in [0, 0.1) is 17.8 Å². The van der Waals surface area contributed by atoms with E-state index in [0.717, 1.165) is 12.4 Å². The monoisotopic (exact) mass is 244 g/mol. The molecule has 0 saturated heterocycles. The van der Waals surface area contributed by atoms with Gasteiger partial charge in [-0.1, -0.05) is 27.7 Å². The molecular weight excluding hydrogens is 224 g/mol. The van der Waals surface area contributed by atoms with E-state index in [1.807, 2.05) is 11.6 Å². The Balaban J connectivity index is 2.81. The molecule has 0 aliphatic heterocycles. The average molecular weight is 245 g/mol. The maximum atomic E-state index is 6.03. The number of nitrogens with zero attached hydrogens (tertiary/aromatic N) is 4. The SMILES string of the molecule is CC(Cl)c1nnnn1CC(C(C)C)C(C)C. The smallest absolute Gasteiger partial charge is 0.168 e. The third-order valence-electron chi connectivity index (χ3n) is 3.01. The quantitative estimate of drug-likeness (QED) is 0.748. The van der Waals surface area contributed by atoms with Gasteiger partial charge in [0.05, 0.1) is 5.38 Å². The molecule has 16 heavy (non-hydrogen) atoms. The first-order chi connectivity index (χ1) is 7.43. The number of rotatable bonds is 5. The van der Waals surface area contributed by atoms with Crippen LogP contribution in [-0.2, 0) is 6.54 Å². The first-order valence-electron chi connectivity index (χ1n) is 5.83. The van der Waals surface area contributed by atoms with Crippen molar-refractivity contribution < 1.29 is 0 Å². The molecule has 0 bridgehead atoms. The molecule has 0 saturated carbocycles. The van der Waals surface area contributed by atoms with Crippen LogP contribution in [0.15, 0.2) is 0 Å². The van der Waals surface area contributed by atoms with Gasteiger partial charge in [-0.15, -0.1) is 16.7 Å².